The van der Waals surface area contributed by atoms with Crippen molar-refractivity contribution in [3.63, 3.8) is 0 Å². The van der Waals surface area contributed by atoms with Crippen molar-refractivity contribution in [3.05, 3.63) is 53.6 Å². The van der Waals surface area contributed by atoms with Crippen LogP contribution in [0.1, 0.15) is 15.9 Å². The molecule has 1 aliphatic heterocycles. The van der Waals surface area contributed by atoms with Gasteiger partial charge in [0.1, 0.15) is 11.4 Å². The van der Waals surface area contributed by atoms with Crippen LogP contribution in [-0.2, 0) is 4.79 Å². The van der Waals surface area contributed by atoms with E-state index in [1.165, 1.54) is 0 Å². The predicted molar refractivity (Wildman–Crippen MR) is 128 cm³/mol. The summed E-state index contributed by atoms with van der Waals surface area (Å²) in [5, 5.41) is 19.5. The number of aliphatic hydroxyl groups excluding tert-OH is 1. The Labute approximate surface area is 197 Å². The van der Waals surface area contributed by atoms with Crippen LogP contribution in [0.5, 0.6) is 5.75 Å². The minimum Gasteiger partial charge on any atom is -0.497 e. The molecule has 3 N–H and O–H groups in total. The lowest BCUT2D eigenvalue weighted by atomic mass is 10.0. The monoisotopic (exact) mass is 461 g/mol. The maximum absolute atomic E-state index is 13.5. The Morgan fingerprint density at radius 1 is 1.09 bits per heavy atom. The minimum atomic E-state index is -0.155. The number of aliphatic hydroxyl groups is 1. The summed E-state index contributed by atoms with van der Waals surface area (Å²) in [6.07, 6.45) is 0. The number of amides is 1. The lowest BCUT2D eigenvalue weighted by molar-refractivity contribution is -0.117. The van der Waals surface area contributed by atoms with Gasteiger partial charge in [-0.15, -0.1) is 0 Å². The molecule has 9 heteroatoms. The van der Waals surface area contributed by atoms with Gasteiger partial charge in [-0.3, -0.25) is 24.5 Å². The minimum absolute atomic E-state index is 0.144. The number of hydrogen-bond acceptors (Lipinski definition) is 7. The van der Waals surface area contributed by atoms with Gasteiger partial charge >= 0.3 is 0 Å². The number of carbonyl (C=O) groups is 2. The summed E-state index contributed by atoms with van der Waals surface area (Å²) < 4.78 is 5.23. The molecule has 2 aromatic carbocycles. The van der Waals surface area contributed by atoms with E-state index in [1.54, 1.807) is 13.2 Å². The lowest BCUT2D eigenvalue weighted by Crippen LogP contribution is -2.49. The second kappa shape index (κ2) is 9.38. The second-order valence-electron chi connectivity index (χ2n) is 8.50. The number of rotatable bonds is 7. The van der Waals surface area contributed by atoms with Crippen molar-refractivity contribution in [1.29, 1.82) is 0 Å². The number of piperazine rings is 1. The number of nitrogens with one attached hydrogen (secondary N) is 2. The van der Waals surface area contributed by atoms with Crippen molar-refractivity contribution in [2.45, 2.75) is 0 Å². The smallest absolute Gasteiger partial charge is 0.238 e. The zero-order chi connectivity index (χ0) is 23.7. The molecule has 1 saturated heterocycles. The summed E-state index contributed by atoms with van der Waals surface area (Å²) in [4.78, 5) is 30.6. The zero-order valence-corrected chi connectivity index (χ0v) is 19.0. The fourth-order valence-corrected chi connectivity index (χ4v) is 4.65. The Bertz CT molecular complexity index is 1210. The van der Waals surface area contributed by atoms with Gasteiger partial charge in [-0.2, -0.15) is 5.10 Å². The van der Waals surface area contributed by atoms with Crippen molar-refractivity contribution in [3.8, 4) is 28.3 Å². The third kappa shape index (κ3) is 4.09. The molecule has 0 spiro atoms. The second-order valence-corrected chi connectivity index (χ2v) is 8.50. The van der Waals surface area contributed by atoms with E-state index in [0.717, 1.165) is 37.5 Å². The molecule has 1 aliphatic carbocycles. The van der Waals surface area contributed by atoms with Crippen LogP contribution >= 0.6 is 0 Å². The van der Waals surface area contributed by atoms with Gasteiger partial charge in [0.2, 0.25) is 5.91 Å². The maximum Gasteiger partial charge on any atom is 0.238 e. The molecule has 34 heavy (non-hydrogen) atoms. The molecular formula is C25H27N5O4. The number of H-pyrrole nitrogens is 1. The summed E-state index contributed by atoms with van der Waals surface area (Å²) in [5.41, 5.74) is 4.30. The molecule has 9 nitrogen and oxygen atoms in total. The van der Waals surface area contributed by atoms with E-state index in [-0.39, 0.29) is 24.8 Å². The highest BCUT2D eigenvalue weighted by Crippen LogP contribution is 2.43. The van der Waals surface area contributed by atoms with Crippen LogP contribution < -0.4 is 10.1 Å². The number of ether oxygens (including phenoxy) is 1. The number of fused-ring (bicyclic) bond motifs is 3. The number of hydrogen-bond donors (Lipinski definition) is 3. The lowest BCUT2D eigenvalue weighted by Gasteiger charge is -2.33. The van der Waals surface area contributed by atoms with E-state index in [1.807, 2.05) is 36.4 Å². The molecular weight excluding hydrogens is 434 g/mol. The average molecular weight is 462 g/mol. The fourth-order valence-electron chi connectivity index (χ4n) is 4.65. The van der Waals surface area contributed by atoms with E-state index < -0.39 is 0 Å². The number of nitrogens with zero attached hydrogens (tertiary/aromatic N) is 3. The Morgan fingerprint density at radius 3 is 2.53 bits per heavy atom. The number of aromatic nitrogens is 2. The molecule has 0 bridgehead atoms. The first-order valence-corrected chi connectivity index (χ1v) is 11.4. The number of benzene rings is 2. The first-order valence-electron chi connectivity index (χ1n) is 11.4. The number of anilines is 1. The predicted octanol–water partition coefficient (Wildman–Crippen LogP) is 1.85. The van der Waals surface area contributed by atoms with Crippen LogP contribution in [0.25, 0.3) is 22.5 Å². The van der Waals surface area contributed by atoms with Crippen LogP contribution in [0.2, 0.25) is 0 Å². The Balaban J connectivity index is 1.33. The van der Waals surface area contributed by atoms with Crippen LogP contribution in [0.3, 0.4) is 0 Å². The van der Waals surface area contributed by atoms with Gasteiger partial charge in [-0.1, -0.05) is 12.1 Å². The quantitative estimate of drug-likeness (QED) is 0.385. The van der Waals surface area contributed by atoms with Crippen molar-refractivity contribution in [1.82, 2.24) is 20.0 Å². The van der Waals surface area contributed by atoms with E-state index in [4.69, 9.17) is 9.84 Å². The summed E-state index contributed by atoms with van der Waals surface area (Å²) in [6.45, 7) is 4.23. The van der Waals surface area contributed by atoms with Gasteiger partial charge in [-0.05, 0) is 30.3 Å². The van der Waals surface area contributed by atoms with E-state index in [9.17, 15) is 9.59 Å². The summed E-state index contributed by atoms with van der Waals surface area (Å²) >= 11 is 0. The van der Waals surface area contributed by atoms with E-state index in [2.05, 4.69) is 25.3 Å². The molecule has 0 radical (unpaired) electrons. The zero-order valence-electron chi connectivity index (χ0n) is 19.0. The molecule has 0 atom stereocenters. The molecule has 0 saturated carbocycles. The van der Waals surface area contributed by atoms with Crippen molar-refractivity contribution >= 4 is 17.4 Å². The van der Waals surface area contributed by atoms with E-state index in [0.29, 0.717) is 40.3 Å². The van der Waals surface area contributed by atoms with Crippen LogP contribution in [-0.4, -0.2) is 89.8 Å². The highest BCUT2D eigenvalue weighted by atomic mass is 16.5. The Morgan fingerprint density at radius 2 is 1.82 bits per heavy atom. The van der Waals surface area contributed by atoms with Crippen LogP contribution in [0.15, 0.2) is 42.5 Å². The number of β-amino-alcohol motifs (C(OH)–C–C–N with tert-alkyl or cyclic N) is 1. The molecule has 2 heterocycles. The summed E-state index contributed by atoms with van der Waals surface area (Å²) in [5.74, 6) is 0.422. The van der Waals surface area contributed by atoms with Gasteiger partial charge in [0.05, 0.1) is 42.8 Å². The van der Waals surface area contributed by atoms with Crippen molar-refractivity contribution in [2.24, 2.45) is 0 Å². The molecule has 1 fully saturated rings. The molecule has 0 unspecified atom stereocenters. The van der Waals surface area contributed by atoms with Gasteiger partial charge < -0.3 is 15.2 Å². The number of aromatic amines is 1. The molecule has 176 valence electrons. The van der Waals surface area contributed by atoms with Crippen molar-refractivity contribution < 1.29 is 19.4 Å². The summed E-state index contributed by atoms with van der Waals surface area (Å²) in [7, 11) is 1.61. The molecule has 1 aromatic heterocycles. The molecule has 1 amide bonds. The van der Waals surface area contributed by atoms with Crippen LogP contribution in [0.4, 0.5) is 5.69 Å². The molecule has 3 aromatic rings. The van der Waals surface area contributed by atoms with Gasteiger partial charge in [0, 0.05) is 43.9 Å². The standard InChI is InChI=1S/C25H27N5O4/c1-34-17-7-5-16(6-8-17)23-22-24(28-27-23)18-3-2-4-19(21(18)25(22)33)26-20(32)15-30-11-9-29(10-12-30)13-14-31/h2-8,31H,9-15H2,1H3,(H,26,32)(H,27,28). The first kappa shape index (κ1) is 22.3. The number of methoxy groups -OCH3 is 1. The normalized spacial score (nSPS) is 15.8. The average Bonchev–Trinajstić information content (AvgIpc) is 3.41. The fraction of sp³-hybridized carbons (Fsp3) is 0.320. The third-order valence-corrected chi connectivity index (χ3v) is 6.44. The first-order chi connectivity index (χ1) is 16.6. The largest absolute Gasteiger partial charge is 0.497 e. The number of carbonyl (C=O) groups excluding carboxylic acids is 2. The molecule has 5 rings (SSSR count). The molecule has 2 aliphatic rings. The Hall–Kier alpha value is -3.53. The topological polar surface area (TPSA) is 111 Å². The van der Waals surface area contributed by atoms with Crippen molar-refractivity contribution in [2.75, 3.05) is 58.3 Å². The highest BCUT2D eigenvalue weighted by molar-refractivity contribution is 6.27. The SMILES string of the molecule is COc1ccc(-c2[nH]nc3c2C(=O)c2c(NC(=O)CN4CCN(CCO)CC4)cccc2-3)cc1. The maximum atomic E-state index is 13.5. The highest BCUT2D eigenvalue weighted by Gasteiger charge is 2.35. The number of ketones is 1. The Kier molecular flexibility index (Phi) is 6.14. The van der Waals surface area contributed by atoms with Crippen LogP contribution in [0, 0.1) is 0 Å². The van der Waals surface area contributed by atoms with Gasteiger partial charge in [0.25, 0.3) is 0 Å². The van der Waals surface area contributed by atoms with Gasteiger partial charge in [0.15, 0.2) is 5.78 Å². The third-order valence-electron chi connectivity index (χ3n) is 6.44. The van der Waals surface area contributed by atoms with E-state index >= 15 is 0 Å². The van der Waals surface area contributed by atoms with Gasteiger partial charge in [-0.25, -0.2) is 0 Å². The summed E-state index contributed by atoms with van der Waals surface area (Å²) in [6, 6.07) is 12.9.